The fourth-order valence-corrected chi connectivity index (χ4v) is 2.98. The van der Waals surface area contributed by atoms with Crippen LogP contribution in [0.5, 0.6) is 5.75 Å². The molecule has 2 atom stereocenters. The Balaban J connectivity index is 2.21. The Kier molecular flexibility index (Phi) is 4.35. The third-order valence-corrected chi connectivity index (χ3v) is 4.24. The zero-order chi connectivity index (χ0) is 19.1. The molecule has 0 bridgehead atoms. The van der Waals surface area contributed by atoms with Crippen molar-refractivity contribution in [2.75, 3.05) is 7.05 Å². The van der Waals surface area contributed by atoms with Crippen LogP contribution in [-0.4, -0.2) is 35.2 Å². The van der Waals surface area contributed by atoms with Crippen LogP contribution < -0.4 is 10.5 Å². The number of rotatable bonds is 4. The number of pyridine rings is 1. The number of nitrogens with two attached hydrogens (primary N) is 1. The summed E-state index contributed by atoms with van der Waals surface area (Å²) < 4.78 is 32.0. The molecule has 136 valence electrons. The second kappa shape index (κ2) is 6.36. The highest BCUT2D eigenvalue weighted by atomic mass is 19.1. The van der Waals surface area contributed by atoms with E-state index in [1.165, 1.54) is 31.1 Å². The first-order valence-corrected chi connectivity index (χ1v) is 7.92. The maximum atomic E-state index is 13.8. The number of nitrogens with zero attached hydrogens (tertiary/aromatic N) is 3. The van der Waals surface area contributed by atoms with Gasteiger partial charge in [-0.1, -0.05) is 6.07 Å². The number of aliphatic imine (C=N–C) groups is 1. The number of alkyl halides is 1. The van der Waals surface area contributed by atoms with Gasteiger partial charge in [-0.2, -0.15) is 0 Å². The lowest BCUT2D eigenvalue weighted by Gasteiger charge is -2.26. The maximum Gasteiger partial charge on any atom is 0.266 e. The van der Waals surface area contributed by atoms with Crippen LogP contribution in [0.1, 0.15) is 23.6 Å². The number of hydrogen-bond acceptors (Lipinski definition) is 5. The molecule has 0 aliphatic carbocycles. The summed E-state index contributed by atoms with van der Waals surface area (Å²) in [6.45, 7) is 2.99. The first-order chi connectivity index (χ1) is 12.3. The van der Waals surface area contributed by atoms with Crippen molar-refractivity contribution in [2.24, 2.45) is 10.7 Å². The predicted molar refractivity (Wildman–Crippen MR) is 91.7 cm³/mol. The molecule has 26 heavy (non-hydrogen) atoms. The van der Waals surface area contributed by atoms with Gasteiger partial charge in [0.15, 0.2) is 11.5 Å². The molecule has 2 N–H and O–H groups in total. The van der Waals surface area contributed by atoms with Gasteiger partial charge in [-0.3, -0.25) is 14.7 Å². The highest BCUT2D eigenvalue weighted by Crippen LogP contribution is 2.40. The standard InChI is InChI=1S/C18H18F2N4O2/c1-10-6-12(4-5-15(10)26-11(2)19)18(13-7-14(20)9-22-8-13)16(25)24(3)17(21)23-18/h4-9,11H,1-3H3,(H2,21,23). The van der Waals surface area contributed by atoms with Gasteiger partial charge in [-0.15, -0.1) is 0 Å². The zero-order valence-corrected chi connectivity index (χ0v) is 14.5. The lowest BCUT2D eigenvalue weighted by atomic mass is 9.83. The van der Waals surface area contributed by atoms with Crippen molar-refractivity contribution in [3.8, 4) is 5.75 Å². The summed E-state index contributed by atoms with van der Waals surface area (Å²) in [6.07, 6.45) is 0.937. The Hall–Kier alpha value is -3.03. The molecule has 0 fully saturated rings. The average Bonchev–Trinajstić information content (AvgIpc) is 2.81. The maximum absolute atomic E-state index is 13.8. The third-order valence-electron chi connectivity index (χ3n) is 4.24. The fourth-order valence-electron chi connectivity index (χ4n) is 2.98. The van der Waals surface area contributed by atoms with Crippen LogP contribution in [0.3, 0.4) is 0 Å². The van der Waals surface area contributed by atoms with Crippen LogP contribution in [0.4, 0.5) is 8.78 Å². The van der Waals surface area contributed by atoms with Crippen molar-refractivity contribution in [1.82, 2.24) is 9.88 Å². The Morgan fingerprint density at radius 1 is 1.27 bits per heavy atom. The predicted octanol–water partition coefficient (Wildman–Crippen LogP) is 2.25. The number of benzene rings is 1. The minimum Gasteiger partial charge on any atom is -0.460 e. The minimum absolute atomic E-state index is 0.00891. The highest BCUT2D eigenvalue weighted by molar-refractivity contribution is 6.08. The van der Waals surface area contributed by atoms with Gasteiger partial charge in [0.2, 0.25) is 6.36 Å². The second-order valence-corrected chi connectivity index (χ2v) is 6.08. The summed E-state index contributed by atoms with van der Waals surface area (Å²) >= 11 is 0. The quantitative estimate of drug-likeness (QED) is 0.907. The first kappa shape index (κ1) is 17.8. The third kappa shape index (κ3) is 2.77. The number of likely N-dealkylation sites (N-methyl/N-ethyl adjacent to an activating group) is 1. The van der Waals surface area contributed by atoms with Crippen LogP contribution >= 0.6 is 0 Å². The van der Waals surface area contributed by atoms with E-state index in [9.17, 15) is 13.6 Å². The van der Waals surface area contributed by atoms with E-state index >= 15 is 0 Å². The van der Waals surface area contributed by atoms with Gasteiger partial charge in [-0.05, 0) is 36.2 Å². The van der Waals surface area contributed by atoms with Crippen molar-refractivity contribution in [2.45, 2.75) is 25.7 Å². The first-order valence-electron chi connectivity index (χ1n) is 7.92. The molecule has 2 aromatic rings. The number of aryl methyl sites for hydroxylation is 1. The molecule has 0 spiro atoms. The molecule has 2 heterocycles. The molecule has 0 saturated heterocycles. The number of hydrogen-bond donors (Lipinski definition) is 1. The largest absolute Gasteiger partial charge is 0.460 e. The molecule has 0 saturated carbocycles. The summed E-state index contributed by atoms with van der Waals surface area (Å²) in [4.78, 5) is 22.4. The molecule has 1 aromatic carbocycles. The van der Waals surface area contributed by atoms with Gasteiger partial charge in [-0.25, -0.2) is 13.8 Å². The summed E-state index contributed by atoms with van der Waals surface area (Å²) in [7, 11) is 1.49. The number of ether oxygens (including phenoxy) is 1. The van der Waals surface area contributed by atoms with Crippen molar-refractivity contribution in [3.63, 3.8) is 0 Å². The van der Waals surface area contributed by atoms with Crippen LogP contribution in [0, 0.1) is 12.7 Å². The van der Waals surface area contributed by atoms with Gasteiger partial charge in [0.1, 0.15) is 11.6 Å². The van der Waals surface area contributed by atoms with Crippen LogP contribution in [0.15, 0.2) is 41.7 Å². The summed E-state index contributed by atoms with van der Waals surface area (Å²) in [6, 6.07) is 5.98. The van der Waals surface area contributed by atoms with Gasteiger partial charge >= 0.3 is 0 Å². The Morgan fingerprint density at radius 3 is 2.54 bits per heavy atom. The number of aromatic nitrogens is 1. The van der Waals surface area contributed by atoms with Gasteiger partial charge in [0.05, 0.1) is 6.20 Å². The van der Waals surface area contributed by atoms with Crippen LogP contribution in [0.25, 0.3) is 0 Å². The van der Waals surface area contributed by atoms with Crippen molar-refractivity contribution in [1.29, 1.82) is 0 Å². The van der Waals surface area contributed by atoms with E-state index in [1.807, 2.05) is 0 Å². The Bertz CT molecular complexity index is 901. The highest BCUT2D eigenvalue weighted by Gasteiger charge is 2.50. The van der Waals surface area contributed by atoms with E-state index in [2.05, 4.69) is 9.98 Å². The monoisotopic (exact) mass is 360 g/mol. The number of amides is 1. The molecule has 1 amide bonds. The van der Waals surface area contributed by atoms with Crippen LogP contribution in [-0.2, 0) is 10.3 Å². The van der Waals surface area contributed by atoms with E-state index in [1.54, 1.807) is 25.1 Å². The lowest BCUT2D eigenvalue weighted by molar-refractivity contribution is -0.129. The minimum atomic E-state index is -1.56. The molecule has 3 rings (SSSR count). The summed E-state index contributed by atoms with van der Waals surface area (Å²) in [5.41, 5.74) is 5.61. The molecular weight excluding hydrogens is 342 g/mol. The fraction of sp³-hybridized carbons (Fsp3) is 0.278. The molecule has 1 aliphatic heterocycles. The van der Waals surface area contributed by atoms with E-state index in [0.717, 1.165) is 6.20 Å². The summed E-state index contributed by atoms with van der Waals surface area (Å²) in [5, 5.41) is 0. The molecular formula is C18H18F2N4O2. The lowest BCUT2D eigenvalue weighted by Crippen LogP contribution is -2.41. The van der Waals surface area contributed by atoms with E-state index < -0.39 is 23.6 Å². The van der Waals surface area contributed by atoms with E-state index in [0.29, 0.717) is 16.9 Å². The Labute approximate surface area is 149 Å². The molecule has 6 nitrogen and oxygen atoms in total. The SMILES string of the molecule is Cc1cc(C2(c3cncc(F)c3)N=C(N)N(C)C2=O)ccc1OC(C)F. The number of guanidine groups is 1. The number of halogens is 2. The molecule has 0 radical (unpaired) electrons. The van der Waals surface area contributed by atoms with E-state index in [4.69, 9.17) is 10.5 Å². The summed E-state index contributed by atoms with van der Waals surface area (Å²) in [5.74, 6) is -0.683. The van der Waals surface area contributed by atoms with Crippen molar-refractivity contribution < 1.29 is 18.3 Å². The number of carbonyl (C=O) groups excluding carboxylic acids is 1. The van der Waals surface area contributed by atoms with Crippen molar-refractivity contribution in [3.05, 3.63) is 59.2 Å². The molecule has 1 aromatic heterocycles. The normalized spacial score (nSPS) is 20.9. The molecule has 1 aliphatic rings. The van der Waals surface area contributed by atoms with Crippen molar-refractivity contribution >= 4 is 11.9 Å². The molecule has 8 heteroatoms. The number of carbonyl (C=O) groups is 1. The van der Waals surface area contributed by atoms with Gasteiger partial charge in [0.25, 0.3) is 5.91 Å². The smallest absolute Gasteiger partial charge is 0.266 e. The topological polar surface area (TPSA) is 80.8 Å². The van der Waals surface area contributed by atoms with E-state index in [-0.39, 0.29) is 11.5 Å². The van der Waals surface area contributed by atoms with Gasteiger partial charge < -0.3 is 10.5 Å². The average molecular weight is 360 g/mol. The second-order valence-electron chi connectivity index (χ2n) is 6.08. The zero-order valence-electron chi connectivity index (χ0n) is 14.5. The van der Waals surface area contributed by atoms with Gasteiger partial charge in [0, 0.05) is 25.7 Å². The Morgan fingerprint density at radius 2 is 2.00 bits per heavy atom. The van der Waals surface area contributed by atoms with Crippen LogP contribution in [0.2, 0.25) is 0 Å². The molecule has 2 unspecified atom stereocenters.